The van der Waals surface area contributed by atoms with Crippen molar-refractivity contribution in [3.63, 3.8) is 0 Å². The number of benzene rings is 1. The van der Waals surface area contributed by atoms with Gasteiger partial charge in [-0.2, -0.15) is 0 Å². The lowest BCUT2D eigenvalue weighted by atomic mass is 9.89. The van der Waals surface area contributed by atoms with Crippen LogP contribution < -0.4 is 5.32 Å². The highest BCUT2D eigenvalue weighted by atomic mass is 16.5. The molecular formula is C19H26N2O3. The van der Waals surface area contributed by atoms with E-state index >= 15 is 0 Å². The molecule has 0 spiro atoms. The minimum absolute atomic E-state index is 0.151. The van der Waals surface area contributed by atoms with E-state index < -0.39 is 6.10 Å². The summed E-state index contributed by atoms with van der Waals surface area (Å²) >= 11 is 0. The Balaban J connectivity index is 1.86. The summed E-state index contributed by atoms with van der Waals surface area (Å²) in [6.45, 7) is 4.10. The van der Waals surface area contributed by atoms with Gasteiger partial charge in [-0.05, 0) is 50.3 Å². The van der Waals surface area contributed by atoms with E-state index in [1.165, 1.54) is 5.56 Å². The number of aromatic amines is 1. The van der Waals surface area contributed by atoms with E-state index in [0.717, 1.165) is 42.1 Å². The monoisotopic (exact) mass is 330 g/mol. The molecule has 3 rings (SSSR count). The first kappa shape index (κ1) is 17.0. The molecule has 0 bridgehead atoms. The van der Waals surface area contributed by atoms with Gasteiger partial charge < -0.3 is 20.1 Å². The molecule has 1 heterocycles. The lowest BCUT2D eigenvalue weighted by molar-refractivity contribution is -0.0513. The Labute approximate surface area is 142 Å². The fourth-order valence-corrected chi connectivity index (χ4v) is 3.72. The van der Waals surface area contributed by atoms with E-state index in [1.807, 2.05) is 12.1 Å². The Kier molecular flexibility index (Phi) is 4.92. The van der Waals surface area contributed by atoms with Gasteiger partial charge in [0.05, 0.1) is 12.1 Å². The second-order valence-electron chi connectivity index (χ2n) is 6.66. The van der Waals surface area contributed by atoms with Crippen LogP contribution in [0, 0.1) is 6.92 Å². The van der Waals surface area contributed by atoms with Crippen molar-refractivity contribution in [2.24, 2.45) is 0 Å². The number of fused-ring (bicyclic) bond motifs is 1. The molecule has 1 aliphatic carbocycles. The number of hydrogen-bond acceptors (Lipinski definition) is 3. The topological polar surface area (TPSA) is 74.3 Å². The maximum absolute atomic E-state index is 12.8. The molecule has 0 unspecified atom stereocenters. The summed E-state index contributed by atoms with van der Waals surface area (Å²) in [4.78, 5) is 16.0. The van der Waals surface area contributed by atoms with E-state index in [1.54, 1.807) is 7.11 Å². The van der Waals surface area contributed by atoms with Gasteiger partial charge in [-0.15, -0.1) is 0 Å². The summed E-state index contributed by atoms with van der Waals surface area (Å²) in [7, 11) is 1.60. The Hall–Kier alpha value is -1.85. The molecule has 130 valence electrons. The minimum atomic E-state index is -0.663. The lowest BCUT2D eigenvalue weighted by Gasteiger charge is -2.34. The average Bonchev–Trinajstić information content (AvgIpc) is 2.94. The molecule has 5 nitrogen and oxygen atoms in total. The van der Waals surface area contributed by atoms with Gasteiger partial charge in [0.15, 0.2) is 0 Å². The van der Waals surface area contributed by atoms with Crippen LogP contribution in [-0.2, 0) is 11.2 Å². The summed E-state index contributed by atoms with van der Waals surface area (Å²) < 4.78 is 5.32. The van der Waals surface area contributed by atoms with Gasteiger partial charge >= 0.3 is 0 Å². The van der Waals surface area contributed by atoms with Crippen LogP contribution >= 0.6 is 0 Å². The van der Waals surface area contributed by atoms with Crippen molar-refractivity contribution in [3.05, 3.63) is 35.0 Å². The van der Waals surface area contributed by atoms with Crippen molar-refractivity contribution in [1.29, 1.82) is 0 Å². The second-order valence-corrected chi connectivity index (χ2v) is 6.66. The van der Waals surface area contributed by atoms with E-state index in [4.69, 9.17) is 4.74 Å². The Morgan fingerprint density at radius 2 is 2.21 bits per heavy atom. The predicted molar refractivity (Wildman–Crippen MR) is 94.3 cm³/mol. The van der Waals surface area contributed by atoms with Crippen LogP contribution in [0.15, 0.2) is 18.2 Å². The van der Waals surface area contributed by atoms with Gasteiger partial charge in [-0.3, -0.25) is 4.79 Å². The molecule has 1 fully saturated rings. The highest BCUT2D eigenvalue weighted by Gasteiger charge is 2.33. The number of methoxy groups -OCH3 is 1. The number of H-pyrrole nitrogens is 1. The van der Waals surface area contributed by atoms with Crippen LogP contribution in [0.3, 0.4) is 0 Å². The highest BCUT2D eigenvalue weighted by Crippen LogP contribution is 2.26. The number of aliphatic hydroxyl groups is 1. The molecule has 2 aromatic rings. The number of hydrogen-bond donors (Lipinski definition) is 3. The van der Waals surface area contributed by atoms with Crippen LogP contribution in [0.2, 0.25) is 0 Å². The Morgan fingerprint density at radius 1 is 1.42 bits per heavy atom. The SMILES string of the molecule is CCc1c(C(=O)N[C@@H]2CCC[C@@H](OC)[C@@H]2O)[nH]c2ccc(C)cc12. The first-order valence-electron chi connectivity index (χ1n) is 8.68. The first-order chi connectivity index (χ1) is 11.5. The molecule has 1 aliphatic rings. The van der Waals surface area contributed by atoms with E-state index in [-0.39, 0.29) is 18.1 Å². The highest BCUT2D eigenvalue weighted by molar-refractivity contribution is 6.01. The molecule has 1 aromatic carbocycles. The zero-order chi connectivity index (χ0) is 17.3. The summed E-state index contributed by atoms with van der Waals surface area (Å²) in [6.07, 6.45) is 2.45. The quantitative estimate of drug-likeness (QED) is 0.807. The van der Waals surface area contributed by atoms with Crippen molar-refractivity contribution in [2.75, 3.05) is 7.11 Å². The van der Waals surface area contributed by atoms with E-state index in [0.29, 0.717) is 5.69 Å². The Morgan fingerprint density at radius 3 is 2.92 bits per heavy atom. The summed E-state index contributed by atoms with van der Waals surface area (Å²) in [6, 6.07) is 5.89. The number of rotatable bonds is 4. The van der Waals surface area contributed by atoms with Gasteiger partial charge in [0.2, 0.25) is 0 Å². The maximum atomic E-state index is 12.8. The van der Waals surface area contributed by atoms with Crippen molar-refractivity contribution >= 4 is 16.8 Å². The minimum Gasteiger partial charge on any atom is -0.388 e. The van der Waals surface area contributed by atoms with Gasteiger partial charge in [-0.1, -0.05) is 18.6 Å². The molecule has 24 heavy (non-hydrogen) atoms. The van der Waals surface area contributed by atoms with Crippen LogP contribution in [0.1, 0.15) is 47.8 Å². The molecule has 5 heteroatoms. The standard InChI is InChI=1S/C19H26N2O3/c1-4-12-13-10-11(2)8-9-14(13)20-17(12)19(23)21-15-6-5-7-16(24-3)18(15)22/h8-10,15-16,18,20,22H,4-7H2,1-3H3,(H,21,23)/t15-,16-,18-/m1/s1. The summed E-state index contributed by atoms with van der Waals surface area (Å²) in [5.74, 6) is -0.151. The molecule has 0 saturated heterocycles. The second kappa shape index (κ2) is 6.95. The van der Waals surface area contributed by atoms with Gasteiger partial charge in [0.1, 0.15) is 11.8 Å². The number of nitrogens with one attached hydrogen (secondary N) is 2. The van der Waals surface area contributed by atoms with Crippen LogP contribution in [-0.4, -0.2) is 41.4 Å². The average molecular weight is 330 g/mol. The number of carbonyl (C=O) groups is 1. The van der Waals surface area contributed by atoms with Gasteiger partial charge in [0, 0.05) is 18.0 Å². The Bertz CT molecular complexity index is 738. The lowest BCUT2D eigenvalue weighted by Crippen LogP contribution is -2.51. The van der Waals surface area contributed by atoms with Crippen molar-refractivity contribution in [1.82, 2.24) is 10.3 Å². The molecule has 0 radical (unpaired) electrons. The molecule has 3 atom stereocenters. The third kappa shape index (κ3) is 3.06. The van der Waals surface area contributed by atoms with E-state index in [9.17, 15) is 9.90 Å². The summed E-state index contributed by atoms with van der Waals surface area (Å²) in [5, 5.41) is 14.5. The van der Waals surface area contributed by atoms with Crippen molar-refractivity contribution in [3.8, 4) is 0 Å². The molecule has 0 aliphatic heterocycles. The molecular weight excluding hydrogens is 304 g/mol. The van der Waals surface area contributed by atoms with Crippen LogP contribution in [0.4, 0.5) is 0 Å². The first-order valence-corrected chi connectivity index (χ1v) is 8.68. The zero-order valence-electron chi connectivity index (χ0n) is 14.6. The molecule has 1 aromatic heterocycles. The van der Waals surface area contributed by atoms with E-state index in [2.05, 4.69) is 30.2 Å². The molecule has 3 N–H and O–H groups in total. The van der Waals surface area contributed by atoms with Crippen LogP contribution in [0.25, 0.3) is 10.9 Å². The van der Waals surface area contributed by atoms with Gasteiger partial charge in [-0.25, -0.2) is 0 Å². The largest absolute Gasteiger partial charge is 0.388 e. The summed E-state index contributed by atoms with van der Waals surface area (Å²) in [5.41, 5.74) is 3.78. The van der Waals surface area contributed by atoms with Crippen molar-refractivity contribution < 1.29 is 14.6 Å². The zero-order valence-corrected chi connectivity index (χ0v) is 14.6. The predicted octanol–water partition coefficient (Wildman–Crippen LogP) is 2.70. The maximum Gasteiger partial charge on any atom is 0.268 e. The third-order valence-electron chi connectivity index (χ3n) is 5.06. The number of carbonyl (C=O) groups excluding carboxylic acids is 1. The number of ether oxygens (including phenoxy) is 1. The fraction of sp³-hybridized carbons (Fsp3) is 0.526. The molecule has 1 amide bonds. The van der Waals surface area contributed by atoms with Gasteiger partial charge in [0.25, 0.3) is 5.91 Å². The van der Waals surface area contributed by atoms with Crippen molar-refractivity contribution in [2.45, 2.75) is 57.8 Å². The smallest absolute Gasteiger partial charge is 0.268 e. The number of aryl methyl sites for hydroxylation is 2. The number of aromatic nitrogens is 1. The number of aliphatic hydroxyl groups excluding tert-OH is 1. The normalized spacial score (nSPS) is 24.2. The van der Waals surface area contributed by atoms with Crippen LogP contribution in [0.5, 0.6) is 0 Å². The third-order valence-corrected chi connectivity index (χ3v) is 5.06. The fourth-order valence-electron chi connectivity index (χ4n) is 3.72. The molecule has 1 saturated carbocycles. The number of amides is 1.